The van der Waals surface area contributed by atoms with Gasteiger partial charge >= 0.3 is 18.3 Å². The summed E-state index contributed by atoms with van der Waals surface area (Å²) in [6.07, 6.45) is -7.66. The van der Waals surface area contributed by atoms with E-state index >= 15 is 0 Å². The Bertz CT molecular complexity index is 1600. The summed E-state index contributed by atoms with van der Waals surface area (Å²) in [5, 5.41) is 13.6. The Kier molecular flexibility index (Phi) is 9.56. The van der Waals surface area contributed by atoms with Crippen molar-refractivity contribution in [1.29, 1.82) is 0 Å². The maximum Gasteiger partial charge on any atom is 0.490 e. The summed E-state index contributed by atoms with van der Waals surface area (Å²) in [4.78, 5) is 52.2. The van der Waals surface area contributed by atoms with E-state index in [-0.39, 0.29) is 36.3 Å². The fourth-order valence-electron chi connectivity index (χ4n) is 3.90. The lowest BCUT2D eigenvalue weighted by atomic mass is 10.0. The number of pyridine rings is 1. The molecule has 43 heavy (non-hydrogen) atoms. The van der Waals surface area contributed by atoms with Gasteiger partial charge in [0.1, 0.15) is 12.4 Å². The zero-order chi connectivity index (χ0) is 32.3. The van der Waals surface area contributed by atoms with Crippen LogP contribution < -0.4 is 10.5 Å². The standard InChI is InChI=1S/C24H21F4N5O3.C2HF3O2/c1-13-14(2)22(35)31-30-20(13)8-15-3-4-19(25)18(7-15)23(36)32-5-6-33(21(34)12-32)17-9-16(10-29-11-17)24(26,27)28;3-2(4,5)1(6)7/h3-4,7,9-11H,5-6,8,12H2,1-2H3,(H,31,35);(H,6,7). The normalized spacial score (nSPS) is 13.8. The molecule has 230 valence electrons. The van der Waals surface area contributed by atoms with Crippen LogP contribution in [0.25, 0.3) is 0 Å². The summed E-state index contributed by atoms with van der Waals surface area (Å²) in [6, 6.07) is 4.83. The molecule has 0 radical (unpaired) electrons. The summed E-state index contributed by atoms with van der Waals surface area (Å²) >= 11 is 0. The first-order valence-corrected chi connectivity index (χ1v) is 12.1. The molecule has 3 aromatic rings. The number of H-pyrrole nitrogens is 1. The molecule has 1 fully saturated rings. The van der Waals surface area contributed by atoms with E-state index in [1.807, 2.05) is 0 Å². The van der Waals surface area contributed by atoms with E-state index in [1.165, 1.54) is 12.1 Å². The number of piperazine rings is 1. The Morgan fingerprint density at radius 1 is 1.00 bits per heavy atom. The van der Waals surface area contributed by atoms with Crippen LogP contribution in [0.15, 0.2) is 41.5 Å². The minimum absolute atomic E-state index is 0.00966. The number of alkyl halides is 6. The molecular formula is C26H22F7N5O5. The second-order valence-corrected chi connectivity index (χ2v) is 9.24. The van der Waals surface area contributed by atoms with Crippen LogP contribution >= 0.6 is 0 Å². The van der Waals surface area contributed by atoms with Crippen molar-refractivity contribution in [3.05, 3.63) is 86.3 Å². The van der Waals surface area contributed by atoms with Crippen molar-refractivity contribution in [2.75, 3.05) is 24.5 Å². The highest BCUT2D eigenvalue weighted by Gasteiger charge is 2.38. The lowest BCUT2D eigenvalue weighted by Gasteiger charge is -2.34. The van der Waals surface area contributed by atoms with Crippen molar-refractivity contribution in [3.8, 4) is 0 Å². The van der Waals surface area contributed by atoms with Crippen LogP contribution in [0.5, 0.6) is 0 Å². The molecule has 0 aliphatic carbocycles. The molecule has 1 aromatic carbocycles. The molecule has 4 rings (SSSR count). The smallest absolute Gasteiger partial charge is 0.475 e. The molecule has 2 amide bonds. The zero-order valence-corrected chi connectivity index (χ0v) is 22.3. The number of nitrogens with zero attached hydrogens (tertiary/aromatic N) is 4. The van der Waals surface area contributed by atoms with Gasteiger partial charge in [-0.15, -0.1) is 0 Å². The van der Waals surface area contributed by atoms with Gasteiger partial charge in [-0.25, -0.2) is 14.3 Å². The van der Waals surface area contributed by atoms with Crippen molar-refractivity contribution in [2.24, 2.45) is 0 Å². The lowest BCUT2D eigenvalue weighted by Crippen LogP contribution is -2.52. The number of hydrogen-bond donors (Lipinski definition) is 2. The van der Waals surface area contributed by atoms with Crippen LogP contribution in [-0.2, 0) is 22.2 Å². The first kappa shape index (κ1) is 32.7. The molecule has 10 nitrogen and oxygen atoms in total. The molecule has 2 aromatic heterocycles. The van der Waals surface area contributed by atoms with Crippen LogP contribution in [0, 0.1) is 19.7 Å². The van der Waals surface area contributed by atoms with Crippen LogP contribution in [0.3, 0.4) is 0 Å². The van der Waals surface area contributed by atoms with Gasteiger partial charge in [0.2, 0.25) is 5.91 Å². The molecule has 0 bridgehead atoms. The number of aromatic amines is 1. The van der Waals surface area contributed by atoms with Gasteiger partial charge in [0.25, 0.3) is 11.5 Å². The Balaban J connectivity index is 0.000000646. The molecule has 0 atom stereocenters. The maximum absolute atomic E-state index is 14.6. The van der Waals surface area contributed by atoms with Gasteiger partial charge in [-0.2, -0.15) is 31.4 Å². The molecule has 0 unspecified atom stereocenters. The predicted molar refractivity (Wildman–Crippen MR) is 135 cm³/mol. The van der Waals surface area contributed by atoms with Gasteiger partial charge < -0.3 is 14.9 Å². The van der Waals surface area contributed by atoms with Gasteiger partial charge in [-0.1, -0.05) is 6.07 Å². The monoisotopic (exact) mass is 617 g/mol. The number of carbonyl (C=O) groups excluding carboxylic acids is 2. The van der Waals surface area contributed by atoms with Gasteiger partial charge in [0.05, 0.1) is 28.7 Å². The largest absolute Gasteiger partial charge is 0.490 e. The van der Waals surface area contributed by atoms with E-state index in [2.05, 4.69) is 15.2 Å². The zero-order valence-electron chi connectivity index (χ0n) is 22.3. The number of carboxylic acids is 1. The quantitative estimate of drug-likeness (QED) is 0.427. The lowest BCUT2D eigenvalue weighted by molar-refractivity contribution is -0.192. The summed E-state index contributed by atoms with van der Waals surface area (Å²) in [5.41, 5.74) is 0.746. The molecule has 0 spiro atoms. The molecular weight excluding hydrogens is 595 g/mol. The number of amides is 2. The maximum atomic E-state index is 14.6. The van der Waals surface area contributed by atoms with E-state index in [1.54, 1.807) is 13.8 Å². The first-order chi connectivity index (χ1) is 19.9. The third-order valence-corrected chi connectivity index (χ3v) is 6.37. The van der Waals surface area contributed by atoms with Gasteiger partial charge in [0.15, 0.2) is 0 Å². The van der Waals surface area contributed by atoms with Crippen LogP contribution in [0.1, 0.15) is 38.3 Å². The fourth-order valence-corrected chi connectivity index (χ4v) is 3.90. The summed E-state index contributed by atoms with van der Waals surface area (Å²) in [5.74, 6) is -4.86. The van der Waals surface area contributed by atoms with Gasteiger partial charge in [-0.3, -0.25) is 19.4 Å². The average Bonchev–Trinajstić information content (AvgIpc) is 2.93. The van der Waals surface area contributed by atoms with Crippen LogP contribution in [-0.4, -0.2) is 68.8 Å². The first-order valence-electron chi connectivity index (χ1n) is 12.1. The van der Waals surface area contributed by atoms with Crippen molar-refractivity contribution in [3.63, 3.8) is 0 Å². The summed E-state index contributed by atoms with van der Waals surface area (Å²) < 4.78 is 85.3. The van der Waals surface area contributed by atoms with E-state index in [0.29, 0.717) is 28.6 Å². The number of halogens is 7. The Morgan fingerprint density at radius 2 is 1.65 bits per heavy atom. The average molecular weight is 617 g/mol. The molecule has 1 aliphatic rings. The number of anilines is 1. The van der Waals surface area contributed by atoms with Gasteiger partial charge in [-0.05, 0) is 43.2 Å². The molecule has 17 heteroatoms. The van der Waals surface area contributed by atoms with Crippen molar-refractivity contribution < 1.29 is 50.2 Å². The molecule has 2 N–H and O–H groups in total. The molecule has 1 aliphatic heterocycles. The molecule has 1 saturated heterocycles. The Hall–Kier alpha value is -4.83. The number of nitrogens with one attached hydrogen (secondary N) is 1. The summed E-state index contributed by atoms with van der Waals surface area (Å²) in [7, 11) is 0. The van der Waals surface area contributed by atoms with Gasteiger partial charge in [0, 0.05) is 31.3 Å². The third-order valence-electron chi connectivity index (χ3n) is 6.37. The number of rotatable bonds is 4. The highest BCUT2D eigenvalue weighted by Crippen LogP contribution is 2.31. The number of aliphatic carboxylic acids is 1. The SMILES string of the molecule is Cc1c(Cc2ccc(F)c(C(=O)N3CCN(c4cncc(C(F)(F)F)c4)C(=O)C3)c2)n[nH]c(=O)c1C.O=C(O)C(F)(F)F. The van der Waals surface area contributed by atoms with Crippen molar-refractivity contribution >= 4 is 23.5 Å². The Labute approximate surface area is 237 Å². The topological polar surface area (TPSA) is 137 Å². The summed E-state index contributed by atoms with van der Waals surface area (Å²) in [6.45, 7) is 2.88. The molecule has 0 saturated carbocycles. The molecule has 3 heterocycles. The number of aromatic nitrogens is 3. The fraction of sp³-hybridized carbons (Fsp3) is 0.308. The van der Waals surface area contributed by atoms with E-state index < -0.39 is 48.1 Å². The van der Waals surface area contributed by atoms with E-state index in [0.717, 1.165) is 28.1 Å². The Morgan fingerprint density at radius 3 is 2.23 bits per heavy atom. The second kappa shape index (κ2) is 12.6. The second-order valence-electron chi connectivity index (χ2n) is 9.24. The third kappa shape index (κ3) is 7.92. The predicted octanol–water partition coefficient (Wildman–Crippen LogP) is 3.65. The number of benzene rings is 1. The van der Waals surface area contributed by atoms with Crippen LogP contribution in [0.2, 0.25) is 0 Å². The highest BCUT2D eigenvalue weighted by molar-refractivity contribution is 6.01. The number of hydrogen-bond acceptors (Lipinski definition) is 6. The highest BCUT2D eigenvalue weighted by atomic mass is 19.4. The minimum Gasteiger partial charge on any atom is -0.475 e. The minimum atomic E-state index is -5.08. The van der Waals surface area contributed by atoms with E-state index in [4.69, 9.17) is 9.90 Å². The number of carbonyl (C=O) groups is 3. The van der Waals surface area contributed by atoms with Crippen molar-refractivity contribution in [2.45, 2.75) is 32.6 Å². The van der Waals surface area contributed by atoms with E-state index in [9.17, 15) is 45.1 Å². The van der Waals surface area contributed by atoms with Crippen molar-refractivity contribution in [1.82, 2.24) is 20.1 Å². The number of carboxylic acid groups (broad SMARTS) is 1. The van der Waals surface area contributed by atoms with Crippen LogP contribution in [0.4, 0.5) is 36.4 Å².